The van der Waals surface area contributed by atoms with E-state index in [0.717, 1.165) is 0 Å². The van der Waals surface area contributed by atoms with Crippen molar-refractivity contribution in [3.8, 4) is 0 Å². The van der Waals surface area contributed by atoms with Crippen LogP contribution in [0.15, 0.2) is 48.5 Å². The van der Waals surface area contributed by atoms with E-state index in [0.29, 0.717) is 41.2 Å². The Balaban J connectivity index is 1.48. The molecule has 0 amide bonds. The second-order valence-corrected chi connectivity index (χ2v) is 12.4. The topological polar surface area (TPSA) is 81.2 Å². The Hall–Kier alpha value is -1.56. The van der Waals surface area contributed by atoms with Crippen LogP contribution in [0.2, 0.25) is 10.0 Å². The van der Waals surface area contributed by atoms with Gasteiger partial charge in [-0.3, -0.25) is 18.4 Å². The summed E-state index contributed by atoms with van der Waals surface area (Å²) in [5, 5.41) is 1.07. The van der Waals surface area contributed by atoms with Gasteiger partial charge in [0.1, 0.15) is 0 Å². The molecule has 0 radical (unpaired) electrons. The van der Waals surface area contributed by atoms with Crippen molar-refractivity contribution in [1.29, 1.82) is 0 Å². The van der Waals surface area contributed by atoms with Crippen molar-refractivity contribution in [3.05, 3.63) is 58.6 Å². The zero-order valence-electron chi connectivity index (χ0n) is 16.6. The standard InChI is InChI=1S/C19H22Cl2N4O4S2/c20-16-1-5-18(6-2-16)24-14-22(9-11-30(24,26)27)13-23-10-12-31(28,29)25(15-23)19-7-3-17(21)4-8-19/h1-8H,9-15H2. The summed E-state index contributed by atoms with van der Waals surface area (Å²) in [6.45, 7) is 1.56. The van der Waals surface area contributed by atoms with Gasteiger partial charge in [0.25, 0.3) is 0 Å². The molecule has 2 aromatic rings. The van der Waals surface area contributed by atoms with Crippen LogP contribution in [-0.2, 0) is 20.0 Å². The SMILES string of the molecule is O=S1(=O)CCN(CN2CCS(=O)(=O)N(c3ccc(Cl)cc3)C2)CN1c1ccc(Cl)cc1. The van der Waals surface area contributed by atoms with Gasteiger partial charge in [-0.2, -0.15) is 0 Å². The molecule has 168 valence electrons. The molecule has 4 rings (SSSR count). The first kappa shape index (κ1) is 22.6. The number of hydrogen-bond donors (Lipinski definition) is 0. The average Bonchev–Trinajstić information content (AvgIpc) is 2.72. The zero-order chi connectivity index (χ0) is 22.2. The molecular formula is C19H22Cl2N4O4S2. The second kappa shape index (κ2) is 8.76. The average molecular weight is 505 g/mol. The van der Waals surface area contributed by atoms with Gasteiger partial charge in [-0.1, -0.05) is 23.2 Å². The summed E-state index contributed by atoms with van der Waals surface area (Å²) in [4.78, 5) is 3.99. The fourth-order valence-electron chi connectivity index (χ4n) is 3.60. The van der Waals surface area contributed by atoms with Gasteiger partial charge in [0.05, 0.1) is 42.9 Å². The number of halogens is 2. The minimum absolute atomic E-state index is 0.0112. The summed E-state index contributed by atoms with van der Waals surface area (Å²) in [5.74, 6) is -0.0225. The highest BCUT2D eigenvalue weighted by Crippen LogP contribution is 2.26. The molecule has 2 heterocycles. The van der Waals surface area contributed by atoms with Crippen molar-refractivity contribution in [3.63, 3.8) is 0 Å². The molecule has 0 atom stereocenters. The van der Waals surface area contributed by atoms with Gasteiger partial charge >= 0.3 is 0 Å². The van der Waals surface area contributed by atoms with Crippen LogP contribution in [-0.4, -0.2) is 71.2 Å². The molecule has 2 aliphatic heterocycles. The van der Waals surface area contributed by atoms with E-state index in [4.69, 9.17) is 23.2 Å². The van der Waals surface area contributed by atoms with E-state index in [1.54, 1.807) is 48.5 Å². The molecule has 0 saturated carbocycles. The van der Waals surface area contributed by atoms with Gasteiger partial charge in [-0.15, -0.1) is 0 Å². The number of sulfonamides is 2. The lowest BCUT2D eigenvalue weighted by Gasteiger charge is -2.42. The first-order valence-electron chi connectivity index (χ1n) is 9.61. The Morgan fingerprint density at radius 3 is 1.35 bits per heavy atom. The highest BCUT2D eigenvalue weighted by Gasteiger charge is 2.34. The van der Waals surface area contributed by atoms with E-state index in [1.807, 2.05) is 9.80 Å². The molecule has 0 bridgehead atoms. The summed E-state index contributed by atoms with van der Waals surface area (Å²) in [6.07, 6.45) is 0. The second-order valence-electron chi connectivity index (χ2n) is 7.50. The quantitative estimate of drug-likeness (QED) is 0.635. The molecule has 0 aromatic heterocycles. The van der Waals surface area contributed by atoms with E-state index < -0.39 is 20.0 Å². The van der Waals surface area contributed by atoms with E-state index in [-0.39, 0.29) is 24.8 Å². The first-order chi connectivity index (χ1) is 14.6. The van der Waals surface area contributed by atoms with Crippen LogP contribution in [0, 0.1) is 0 Å². The molecule has 0 N–H and O–H groups in total. The number of hydrogen-bond acceptors (Lipinski definition) is 6. The van der Waals surface area contributed by atoms with Crippen LogP contribution in [0.3, 0.4) is 0 Å². The molecule has 2 aliphatic rings. The predicted molar refractivity (Wildman–Crippen MR) is 123 cm³/mol. The van der Waals surface area contributed by atoms with Crippen LogP contribution >= 0.6 is 23.2 Å². The third-order valence-corrected chi connectivity index (χ3v) is 9.19. The van der Waals surface area contributed by atoms with Crippen molar-refractivity contribution >= 4 is 54.6 Å². The van der Waals surface area contributed by atoms with Crippen LogP contribution in [0.25, 0.3) is 0 Å². The molecule has 2 saturated heterocycles. The lowest BCUT2D eigenvalue weighted by molar-refractivity contribution is 0.142. The minimum Gasteiger partial charge on any atom is -0.271 e. The minimum atomic E-state index is -3.43. The fourth-order valence-corrected chi connectivity index (χ4v) is 6.84. The smallest absolute Gasteiger partial charge is 0.237 e. The summed E-state index contributed by atoms with van der Waals surface area (Å²) < 4.78 is 53.2. The Kier molecular flexibility index (Phi) is 6.39. The molecule has 12 heteroatoms. The molecule has 0 aliphatic carbocycles. The van der Waals surface area contributed by atoms with Gasteiger partial charge in [0.2, 0.25) is 20.0 Å². The molecule has 31 heavy (non-hydrogen) atoms. The maximum atomic E-state index is 12.6. The summed E-state index contributed by atoms with van der Waals surface area (Å²) in [6, 6.07) is 13.3. The van der Waals surface area contributed by atoms with Crippen LogP contribution in [0.5, 0.6) is 0 Å². The van der Waals surface area contributed by atoms with Gasteiger partial charge < -0.3 is 0 Å². The molecule has 0 spiro atoms. The Morgan fingerprint density at radius 1 is 0.645 bits per heavy atom. The van der Waals surface area contributed by atoms with Gasteiger partial charge in [0.15, 0.2) is 0 Å². The molecule has 2 aromatic carbocycles. The van der Waals surface area contributed by atoms with Gasteiger partial charge in [-0.25, -0.2) is 16.8 Å². The van der Waals surface area contributed by atoms with E-state index >= 15 is 0 Å². The van der Waals surface area contributed by atoms with E-state index in [2.05, 4.69) is 0 Å². The molecule has 8 nitrogen and oxygen atoms in total. The van der Waals surface area contributed by atoms with Crippen LogP contribution in [0.4, 0.5) is 11.4 Å². The third-order valence-electron chi connectivity index (χ3n) is 5.29. The maximum Gasteiger partial charge on any atom is 0.237 e. The Morgan fingerprint density at radius 2 is 1.00 bits per heavy atom. The molecule has 2 fully saturated rings. The van der Waals surface area contributed by atoms with Gasteiger partial charge in [-0.05, 0) is 48.5 Å². The van der Waals surface area contributed by atoms with Crippen molar-refractivity contribution in [2.45, 2.75) is 0 Å². The van der Waals surface area contributed by atoms with Gasteiger partial charge in [0, 0.05) is 23.1 Å². The summed E-state index contributed by atoms with van der Waals surface area (Å²) in [5.41, 5.74) is 1.11. The van der Waals surface area contributed by atoms with Crippen LogP contribution < -0.4 is 8.61 Å². The molecular weight excluding hydrogens is 483 g/mol. The van der Waals surface area contributed by atoms with Crippen molar-refractivity contribution in [2.75, 3.05) is 53.2 Å². The zero-order valence-corrected chi connectivity index (χ0v) is 19.7. The third kappa shape index (κ3) is 5.10. The molecule has 0 unspecified atom stereocenters. The monoisotopic (exact) mass is 504 g/mol. The number of rotatable bonds is 4. The number of anilines is 2. The van der Waals surface area contributed by atoms with Crippen LogP contribution in [0.1, 0.15) is 0 Å². The van der Waals surface area contributed by atoms with Crippen molar-refractivity contribution in [1.82, 2.24) is 9.80 Å². The first-order valence-corrected chi connectivity index (χ1v) is 13.6. The Labute approximate surface area is 192 Å². The van der Waals surface area contributed by atoms with E-state index in [9.17, 15) is 16.8 Å². The number of nitrogens with zero attached hydrogens (tertiary/aromatic N) is 4. The van der Waals surface area contributed by atoms with Crippen molar-refractivity contribution in [2.24, 2.45) is 0 Å². The lowest BCUT2D eigenvalue weighted by Crippen LogP contribution is -2.57. The number of benzene rings is 2. The summed E-state index contributed by atoms with van der Waals surface area (Å²) >= 11 is 11.9. The Bertz CT molecular complexity index is 1050. The van der Waals surface area contributed by atoms with Crippen molar-refractivity contribution < 1.29 is 16.8 Å². The predicted octanol–water partition coefficient (Wildman–Crippen LogP) is 2.47. The fraction of sp³-hybridized carbons (Fsp3) is 0.368. The maximum absolute atomic E-state index is 12.6. The lowest BCUT2D eigenvalue weighted by atomic mass is 10.3. The highest BCUT2D eigenvalue weighted by atomic mass is 35.5. The normalized spacial score (nSPS) is 21.9. The summed E-state index contributed by atoms with van der Waals surface area (Å²) in [7, 11) is -6.86. The van der Waals surface area contributed by atoms with E-state index in [1.165, 1.54) is 8.61 Å². The largest absolute Gasteiger partial charge is 0.271 e. The highest BCUT2D eigenvalue weighted by molar-refractivity contribution is 7.93.